The average molecular weight is 278 g/mol. The monoisotopic (exact) mass is 278 g/mol. The van der Waals surface area contributed by atoms with Gasteiger partial charge in [-0.05, 0) is 25.0 Å². The summed E-state index contributed by atoms with van der Waals surface area (Å²) in [5, 5.41) is 5.06. The molecule has 1 aromatic rings. The molecule has 1 aromatic carbocycles. The number of benzene rings is 1. The van der Waals surface area contributed by atoms with E-state index in [1.54, 1.807) is 12.1 Å². The zero-order valence-corrected chi connectivity index (χ0v) is 11.3. The van der Waals surface area contributed by atoms with Gasteiger partial charge in [0.2, 0.25) is 11.8 Å². The third kappa shape index (κ3) is 4.05. The van der Waals surface area contributed by atoms with E-state index in [9.17, 15) is 14.0 Å². The van der Waals surface area contributed by atoms with E-state index < -0.39 is 11.7 Å². The second kappa shape index (κ2) is 7.03. The first kappa shape index (κ1) is 14.5. The summed E-state index contributed by atoms with van der Waals surface area (Å²) in [7, 11) is 0. The largest absolute Gasteiger partial charge is 0.347 e. The number of carbonyl (C=O) groups is 2. The van der Waals surface area contributed by atoms with Crippen LogP contribution in [0.4, 0.5) is 10.1 Å². The van der Waals surface area contributed by atoms with Crippen LogP contribution in [0.1, 0.15) is 32.1 Å². The third-order valence-corrected chi connectivity index (χ3v) is 3.55. The molecule has 5 heteroatoms. The highest BCUT2D eigenvalue weighted by Gasteiger charge is 2.21. The first-order chi connectivity index (χ1) is 9.66. The van der Waals surface area contributed by atoms with Gasteiger partial charge in [0.25, 0.3) is 0 Å². The Hall–Kier alpha value is -1.91. The smallest absolute Gasteiger partial charge is 0.243 e. The minimum Gasteiger partial charge on any atom is -0.347 e. The Morgan fingerprint density at radius 1 is 1.15 bits per heavy atom. The normalized spacial score (nSPS) is 15.7. The van der Waals surface area contributed by atoms with Gasteiger partial charge < -0.3 is 10.6 Å². The molecule has 0 radical (unpaired) electrons. The van der Waals surface area contributed by atoms with E-state index in [1.807, 2.05) is 0 Å². The minimum atomic E-state index is -0.487. The van der Waals surface area contributed by atoms with Crippen LogP contribution in [0.25, 0.3) is 0 Å². The Morgan fingerprint density at radius 2 is 1.85 bits per heavy atom. The van der Waals surface area contributed by atoms with Crippen molar-refractivity contribution in [2.75, 3.05) is 11.9 Å². The van der Waals surface area contributed by atoms with Crippen molar-refractivity contribution in [2.45, 2.75) is 32.1 Å². The van der Waals surface area contributed by atoms with Gasteiger partial charge in [0.1, 0.15) is 5.82 Å². The van der Waals surface area contributed by atoms with Crippen LogP contribution in [-0.4, -0.2) is 18.4 Å². The molecule has 0 heterocycles. The van der Waals surface area contributed by atoms with E-state index in [1.165, 1.54) is 18.6 Å². The van der Waals surface area contributed by atoms with Crippen molar-refractivity contribution in [2.24, 2.45) is 5.92 Å². The molecule has 2 N–H and O–H groups in total. The molecule has 0 aliphatic heterocycles. The number of hydrogen-bond acceptors (Lipinski definition) is 2. The number of rotatable bonds is 4. The number of nitrogens with one attached hydrogen (secondary N) is 2. The standard InChI is InChI=1S/C15H19FN2O2/c16-12-8-4-5-9-13(12)18-14(19)10-17-15(20)11-6-2-1-3-7-11/h4-5,8-9,11H,1-3,6-7,10H2,(H,17,20)(H,18,19). The molecule has 0 atom stereocenters. The number of halogens is 1. The van der Waals surface area contributed by atoms with Gasteiger partial charge in [-0.15, -0.1) is 0 Å². The fourth-order valence-electron chi connectivity index (χ4n) is 2.43. The Balaban J connectivity index is 1.77. The van der Waals surface area contributed by atoms with E-state index in [4.69, 9.17) is 0 Å². The maximum absolute atomic E-state index is 13.3. The van der Waals surface area contributed by atoms with Gasteiger partial charge in [-0.2, -0.15) is 0 Å². The first-order valence-corrected chi connectivity index (χ1v) is 6.99. The molecular formula is C15H19FN2O2. The van der Waals surface area contributed by atoms with Gasteiger partial charge in [-0.1, -0.05) is 31.4 Å². The molecule has 2 rings (SSSR count). The summed E-state index contributed by atoms with van der Waals surface area (Å²) < 4.78 is 13.3. The Labute approximate surface area is 117 Å². The van der Waals surface area contributed by atoms with E-state index in [0.717, 1.165) is 25.7 Å². The van der Waals surface area contributed by atoms with Gasteiger partial charge >= 0.3 is 0 Å². The Kier molecular flexibility index (Phi) is 5.09. The summed E-state index contributed by atoms with van der Waals surface area (Å²) >= 11 is 0. The van der Waals surface area contributed by atoms with E-state index in [2.05, 4.69) is 10.6 Å². The lowest BCUT2D eigenvalue weighted by Gasteiger charge is -2.20. The molecule has 4 nitrogen and oxygen atoms in total. The van der Waals surface area contributed by atoms with Gasteiger partial charge in [-0.3, -0.25) is 9.59 Å². The molecule has 0 saturated heterocycles. The maximum Gasteiger partial charge on any atom is 0.243 e. The van der Waals surface area contributed by atoms with E-state index in [0.29, 0.717) is 0 Å². The van der Waals surface area contributed by atoms with Crippen LogP contribution >= 0.6 is 0 Å². The summed E-state index contributed by atoms with van der Waals surface area (Å²) in [6, 6.07) is 5.95. The molecule has 2 amide bonds. The van der Waals surface area contributed by atoms with Crippen molar-refractivity contribution in [1.29, 1.82) is 0 Å². The van der Waals surface area contributed by atoms with E-state index in [-0.39, 0.29) is 24.1 Å². The average Bonchev–Trinajstić information content (AvgIpc) is 2.48. The molecular weight excluding hydrogens is 259 g/mol. The molecule has 108 valence electrons. The molecule has 0 bridgehead atoms. The van der Waals surface area contributed by atoms with Crippen molar-refractivity contribution in [3.05, 3.63) is 30.1 Å². The summed E-state index contributed by atoms with van der Waals surface area (Å²) in [5.41, 5.74) is 0.129. The number of amides is 2. The van der Waals surface area contributed by atoms with Crippen molar-refractivity contribution in [3.8, 4) is 0 Å². The lowest BCUT2D eigenvalue weighted by Crippen LogP contribution is -2.37. The minimum absolute atomic E-state index is 0.0185. The lowest BCUT2D eigenvalue weighted by molar-refractivity contribution is -0.128. The summed E-state index contributed by atoms with van der Waals surface area (Å²) in [6.07, 6.45) is 5.10. The lowest BCUT2D eigenvalue weighted by atomic mass is 9.89. The third-order valence-electron chi connectivity index (χ3n) is 3.55. The second-order valence-corrected chi connectivity index (χ2v) is 5.08. The molecule has 0 spiro atoms. The fourth-order valence-corrected chi connectivity index (χ4v) is 2.43. The van der Waals surface area contributed by atoms with Crippen LogP contribution < -0.4 is 10.6 Å². The van der Waals surface area contributed by atoms with Gasteiger partial charge in [-0.25, -0.2) is 4.39 Å². The van der Waals surface area contributed by atoms with E-state index >= 15 is 0 Å². The van der Waals surface area contributed by atoms with Crippen LogP contribution in [0.15, 0.2) is 24.3 Å². The zero-order chi connectivity index (χ0) is 14.4. The van der Waals surface area contributed by atoms with Gasteiger partial charge in [0, 0.05) is 5.92 Å². The zero-order valence-electron chi connectivity index (χ0n) is 11.3. The fraction of sp³-hybridized carbons (Fsp3) is 0.467. The summed E-state index contributed by atoms with van der Waals surface area (Å²) in [5.74, 6) is -0.961. The Bertz CT molecular complexity index is 485. The van der Waals surface area contributed by atoms with Crippen molar-refractivity contribution >= 4 is 17.5 Å². The molecule has 1 saturated carbocycles. The highest BCUT2D eigenvalue weighted by Crippen LogP contribution is 2.23. The molecule has 0 aromatic heterocycles. The first-order valence-electron chi connectivity index (χ1n) is 6.99. The maximum atomic E-state index is 13.3. The quantitative estimate of drug-likeness (QED) is 0.889. The molecule has 1 fully saturated rings. The van der Waals surface area contributed by atoms with Crippen LogP contribution in [0.5, 0.6) is 0 Å². The molecule has 1 aliphatic rings. The topological polar surface area (TPSA) is 58.2 Å². The summed E-state index contributed by atoms with van der Waals surface area (Å²) in [4.78, 5) is 23.5. The van der Waals surface area contributed by atoms with Crippen molar-refractivity contribution in [3.63, 3.8) is 0 Å². The van der Waals surface area contributed by atoms with Gasteiger partial charge in [0.15, 0.2) is 0 Å². The second-order valence-electron chi connectivity index (χ2n) is 5.08. The highest BCUT2D eigenvalue weighted by atomic mass is 19.1. The van der Waals surface area contributed by atoms with Gasteiger partial charge in [0.05, 0.1) is 12.2 Å². The predicted octanol–water partition coefficient (Wildman–Crippen LogP) is 2.46. The van der Waals surface area contributed by atoms with Crippen LogP contribution in [0, 0.1) is 11.7 Å². The van der Waals surface area contributed by atoms with Crippen molar-refractivity contribution in [1.82, 2.24) is 5.32 Å². The molecule has 0 unspecified atom stereocenters. The molecule has 1 aliphatic carbocycles. The summed E-state index contributed by atoms with van der Waals surface area (Å²) in [6.45, 7) is -0.121. The molecule has 20 heavy (non-hydrogen) atoms. The number of para-hydroxylation sites is 1. The Morgan fingerprint density at radius 3 is 2.55 bits per heavy atom. The number of anilines is 1. The number of carbonyl (C=O) groups excluding carboxylic acids is 2. The predicted molar refractivity (Wildman–Crippen MR) is 74.6 cm³/mol. The van der Waals surface area contributed by atoms with Crippen LogP contribution in [0.3, 0.4) is 0 Å². The van der Waals surface area contributed by atoms with Crippen LogP contribution in [-0.2, 0) is 9.59 Å². The highest BCUT2D eigenvalue weighted by molar-refractivity contribution is 5.94. The SMILES string of the molecule is O=C(CNC(=O)C1CCCCC1)Nc1ccccc1F. The number of hydrogen-bond donors (Lipinski definition) is 2. The van der Waals surface area contributed by atoms with Crippen molar-refractivity contribution < 1.29 is 14.0 Å². The van der Waals surface area contributed by atoms with Crippen LogP contribution in [0.2, 0.25) is 0 Å².